The van der Waals surface area contributed by atoms with E-state index in [1.807, 2.05) is 5.92 Å². The molecule has 0 fully saturated rings. The lowest BCUT2D eigenvalue weighted by atomic mass is 9.95. The second-order valence-corrected chi connectivity index (χ2v) is 5.41. The zero-order valence-electron chi connectivity index (χ0n) is 13.1. The third-order valence-corrected chi connectivity index (χ3v) is 3.48. The van der Waals surface area contributed by atoms with E-state index in [2.05, 4.69) is 20.0 Å². The molecule has 0 heterocycles. The fourth-order valence-corrected chi connectivity index (χ4v) is 2.27. The van der Waals surface area contributed by atoms with Gasteiger partial charge in [0.05, 0.1) is 5.92 Å². The second-order valence-electron chi connectivity index (χ2n) is 5.41. The molecule has 3 nitrogen and oxygen atoms in total. The quantitative estimate of drug-likeness (QED) is 0.420. The highest BCUT2D eigenvalue weighted by Crippen LogP contribution is 2.18. The van der Waals surface area contributed by atoms with Crippen LogP contribution in [-0.4, -0.2) is 17.7 Å². The molecule has 20 heavy (non-hydrogen) atoms. The van der Waals surface area contributed by atoms with Gasteiger partial charge in [-0.1, -0.05) is 65.2 Å². The van der Waals surface area contributed by atoms with Crippen LogP contribution in [-0.2, 0) is 9.53 Å². The molecule has 0 rings (SSSR count). The smallest absolute Gasteiger partial charge is 0.385 e. The molecule has 3 heteroatoms. The third-order valence-electron chi connectivity index (χ3n) is 3.48. The number of carboxylic acids is 1. The molecular weight excluding hydrogens is 252 g/mol. The Balaban J connectivity index is 3.91. The van der Waals surface area contributed by atoms with Gasteiger partial charge in [0.25, 0.3) is 0 Å². The highest BCUT2D eigenvalue weighted by Gasteiger charge is 2.09. The van der Waals surface area contributed by atoms with Crippen LogP contribution < -0.4 is 0 Å². The van der Waals surface area contributed by atoms with E-state index in [4.69, 9.17) is 9.84 Å². The summed E-state index contributed by atoms with van der Waals surface area (Å²) in [6.07, 6.45) is 14.7. The standard InChI is InChI=1S/C17H30O3/c1-3-5-7-9-11-16(12-10-8-6-4-2)15-20-14-13-17(18)19/h16H,3-12,15H2,1-2H3,(H,18,19). The van der Waals surface area contributed by atoms with Gasteiger partial charge < -0.3 is 9.84 Å². The van der Waals surface area contributed by atoms with Crippen LogP contribution in [0.25, 0.3) is 0 Å². The first-order valence-electron chi connectivity index (χ1n) is 8.06. The first-order valence-corrected chi connectivity index (χ1v) is 8.06. The second kappa shape index (κ2) is 14.2. The molecule has 0 radical (unpaired) electrons. The fourth-order valence-electron chi connectivity index (χ4n) is 2.27. The van der Waals surface area contributed by atoms with Crippen LogP contribution in [0, 0.1) is 17.9 Å². The van der Waals surface area contributed by atoms with Gasteiger partial charge in [-0.15, -0.1) is 0 Å². The molecule has 0 bridgehead atoms. The maximum absolute atomic E-state index is 10.3. The van der Waals surface area contributed by atoms with Crippen LogP contribution in [0.1, 0.15) is 78.1 Å². The molecule has 0 saturated heterocycles. The van der Waals surface area contributed by atoms with E-state index in [1.165, 1.54) is 64.2 Å². The van der Waals surface area contributed by atoms with Crippen molar-refractivity contribution < 1.29 is 14.6 Å². The molecule has 0 amide bonds. The summed E-state index contributed by atoms with van der Waals surface area (Å²) in [5, 5.41) is 8.43. The van der Waals surface area contributed by atoms with Crippen LogP contribution in [0.4, 0.5) is 0 Å². The Morgan fingerprint density at radius 2 is 1.55 bits per heavy atom. The maximum atomic E-state index is 10.3. The Hall–Kier alpha value is -1.17. The molecule has 0 aromatic heterocycles. The lowest BCUT2D eigenvalue weighted by molar-refractivity contribution is -0.130. The van der Waals surface area contributed by atoms with Crippen molar-refractivity contribution in [3.05, 3.63) is 0 Å². The van der Waals surface area contributed by atoms with Gasteiger partial charge in [0.15, 0.2) is 0 Å². The normalized spacial score (nSPS) is 10.2. The summed E-state index contributed by atoms with van der Waals surface area (Å²) in [5.74, 6) is 1.39. The average molecular weight is 282 g/mol. The number of rotatable bonds is 12. The van der Waals surface area contributed by atoms with Crippen molar-refractivity contribution in [2.75, 3.05) is 6.61 Å². The molecule has 0 saturated carbocycles. The van der Waals surface area contributed by atoms with Gasteiger partial charge in [-0.05, 0) is 18.8 Å². The van der Waals surface area contributed by atoms with E-state index in [9.17, 15) is 4.79 Å². The number of aliphatic carboxylic acids is 1. The monoisotopic (exact) mass is 282 g/mol. The van der Waals surface area contributed by atoms with Gasteiger partial charge in [0.1, 0.15) is 12.7 Å². The topological polar surface area (TPSA) is 46.5 Å². The highest BCUT2D eigenvalue weighted by molar-refractivity contribution is 5.86. The number of unbranched alkanes of at least 4 members (excludes halogenated alkanes) is 6. The Labute approximate surface area is 124 Å². The van der Waals surface area contributed by atoms with Crippen LogP contribution in [0.3, 0.4) is 0 Å². The molecule has 0 aromatic rings. The van der Waals surface area contributed by atoms with Gasteiger partial charge in [-0.3, -0.25) is 0 Å². The van der Waals surface area contributed by atoms with E-state index >= 15 is 0 Å². The summed E-state index contributed by atoms with van der Waals surface area (Å²) >= 11 is 0. The lowest BCUT2D eigenvalue weighted by Crippen LogP contribution is -2.08. The van der Waals surface area contributed by atoms with Crippen molar-refractivity contribution in [1.29, 1.82) is 0 Å². The largest absolute Gasteiger partial charge is 0.472 e. The minimum Gasteiger partial charge on any atom is -0.472 e. The number of hydrogen-bond acceptors (Lipinski definition) is 2. The third kappa shape index (κ3) is 13.3. The van der Waals surface area contributed by atoms with Gasteiger partial charge in [-0.25, -0.2) is 4.79 Å². The predicted octanol–water partition coefficient (Wildman–Crippen LogP) is 4.61. The molecule has 0 atom stereocenters. The van der Waals surface area contributed by atoms with Crippen LogP contribution >= 0.6 is 0 Å². The lowest BCUT2D eigenvalue weighted by Gasteiger charge is -2.15. The van der Waals surface area contributed by atoms with E-state index in [1.54, 1.807) is 0 Å². The summed E-state index contributed by atoms with van der Waals surface area (Å²) < 4.78 is 5.18. The molecule has 1 N–H and O–H groups in total. The zero-order valence-corrected chi connectivity index (χ0v) is 13.1. The molecule has 0 aliphatic heterocycles. The molecule has 0 aliphatic carbocycles. The highest BCUT2D eigenvalue weighted by atomic mass is 16.5. The number of ether oxygens (including phenoxy) is 1. The van der Waals surface area contributed by atoms with Crippen molar-refractivity contribution in [2.24, 2.45) is 5.92 Å². The maximum Gasteiger partial charge on any atom is 0.385 e. The van der Waals surface area contributed by atoms with Gasteiger partial charge in [-0.2, -0.15) is 0 Å². The summed E-state index contributed by atoms with van der Waals surface area (Å²) in [6.45, 7) is 5.00. The minimum absolute atomic E-state index is 0.520. The van der Waals surface area contributed by atoms with Crippen LogP contribution in [0.2, 0.25) is 0 Å². The first kappa shape index (κ1) is 18.8. The summed E-state index contributed by atoms with van der Waals surface area (Å²) in [6, 6.07) is 0. The van der Waals surface area contributed by atoms with E-state index in [0.29, 0.717) is 12.5 Å². The van der Waals surface area contributed by atoms with Crippen molar-refractivity contribution >= 4 is 5.97 Å². The number of hydrogen-bond donors (Lipinski definition) is 1. The SMILES string of the molecule is CCCCCCC(CCCCCC)COC#CC(=O)O. The molecule has 116 valence electrons. The molecule has 0 aliphatic rings. The molecule has 0 spiro atoms. The Morgan fingerprint density at radius 1 is 1.00 bits per heavy atom. The fraction of sp³-hybridized carbons (Fsp3) is 0.824. The van der Waals surface area contributed by atoms with Crippen molar-refractivity contribution in [2.45, 2.75) is 78.1 Å². The summed E-state index contributed by atoms with van der Waals surface area (Å²) in [5.41, 5.74) is 0. The summed E-state index contributed by atoms with van der Waals surface area (Å²) in [7, 11) is 0. The average Bonchev–Trinajstić information content (AvgIpc) is 2.43. The van der Waals surface area contributed by atoms with Crippen LogP contribution in [0.15, 0.2) is 0 Å². The zero-order chi connectivity index (χ0) is 15.1. The van der Waals surface area contributed by atoms with Gasteiger partial charge in [0, 0.05) is 0 Å². The van der Waals surface area contributed by atoms with E-state index in [-0.39, 0.29) is 0 Å². The van der Waals surface area contributed by atoms with Crippen molar-refractivity contribution in [1.82, 2.24) is 0 Å². The Bertz CT molecular complexity index is 276. The van der Waals surface area contributed by atoms with Gasteiger partial charge >= 0.3 is 5.97 Å². The first-order chi connectivity index (χ1) is 9.70. The van der Waals surface area contributed by atoms with Crippen LogP contribution in [0.5, 0.6) is 0 Å². The van der Waals surface area contributed by atoms with E-state index in [0.717, 1.165) is 0 Å². The number of carboxylic acid groups (broad SMARTS) is 1. The molecule has 0 unspecified atom stereocenters. The number of carbonyl (C=O) groups is 1. The molecular formula is C17H30O3. The Morgan fingerprint density at radius 3 is 2.00 bits per heavy atom. The molecule has 0 aromatic carbocycles. The van der Waals surface area contributed by atoms with Gasteiger partial charge in [0.2, 0.25) is 0 Å². The predicted molar refractivity (Wildman–Crippen MR) is 82.4 cm³/mol. The van der Waals surface area contributed by atoms with Crippen molar-refractivity contribution in [3.8, 4) is 12.0 Å². The van der Waals surface area contributed by atoms with E-state index < -0.39 is 5.97 Å². The summed E-state index contributed by atoms with van der Waals surface area (Å²) in [4.78, 5) is 10.3. The minimum atomic E-state index is -1.13. The Kier molecular flexibility index (Phi) is 13.4. The van der Waals surface area contributed by atoms with Crippen molar-refractivity contribution in [3.63, 3.8) is 0 Å².